The summed E-state index contributed by atoms with van der Waals surface area (Å²) in [5.74, 6) is -1.84. The number of rotatable bonds is 43. The van der Waals surface area contributed by atoms with Crippen molar-refractivity contribution in [3.63, 3.8) is 0 Å². The molecule has 138 heavy (non-hydrogen) atoms. The molecular formula is C100H135Cl5F4N14O15. The summed E-state index contributed by atoms with van der Waals surface area (Å²) in [6, 6.07) is 38.6. The van der Waals surface area contributed by atoms with E-state index < -0.39 is 60.1 Å². The molecule has 0 aliphatic carbocycles. The van der Waals surface area contributed by atoms with Crippen molar-refractivity contribution in [1.29, 1.82) is 0 Å². The van der Waals surface area contributed by atoms with E-state index in [0.717, 1.165) is 51.3 Å². The molecule has 14 N–H and O–H groups in total. The fourth-order valence-electron chi connectivity index (χ4n) is 11.5. The molecule has 0 aliphatic heterocycles. The summed E-state index contributed by atoms with van der Waals surface area (Å²) >= 11 is 29.5. The highest BCUT2D eigenvalue weighted by Gasteiger charge is 2.32. The van der Waals surface area contributed by atoms with E-state index >= 15 is 0 Å². The van der Waals surface area contributed by atoms with Crippen LogP contribution in [-0.4, -0.2) is 223 Å². The zero-order valence-electron chi connectivity index (χ0n) is 82.1. The van der Waals surface area contributed by atoms with Crippen molar-refractivity contribution >= 4 is 140 Å². The Hall–Kier alpha value is -10.8. The first kappa shape index (κ1) is 125. The molecule has 758 valence electrons. The SMILES string of the molecule is CN[C@H](C)C(=O)N[C@H](Cc1ccc(C(F)(F)F)cc1)C(C)=O.CN[C@H](C)C(=O)N[C@H](Cc1ccc(Cl)c(Cl)c1)C(C)=O.CN[C@H](C)C(=O)N[C@H](Cc1ccc(Cl)cc1)C(C)=O.CN[C@H](C)C(=O)N[C@H](Cc1ccc(Cl)cc1Cl)C(C)=O.CN[C@H](C)C(=O)N[C@H](Cc1ccc(F)cc1)C(C)=O.CN[C@H](C)C(=O)N[C@H](Cc1ccc(OC)cc1)C(C)=O.CN[C@H](C)C(=O)N[C@H](Cc1ccccc1)C(C)=O. The molecule has 0 saturated carbocycles. The number of ether oxygens (including phenoxy) is 1. The molecule has 0 unspecified atom stereocenters. The van der Waals surface area contributed by atoms with Gasteiger partial charge in [-0.05, 0) is 297 Å². The van der Waals surface area contributed by atoms with Crippen molar-refractivity contribution in [2.45, 2.75) is 233 Å². The number of benzene rings is 7. The monoisotopic (exact) mass is 2020 g/mol. The number of halogens is 9. The van der Waals surface area contributed by atoms with Crippen LogP contribution in [-0.2, 0) is 118 Å². The maximum Gasteiger partial charge on any atom is 0.416 e. The largest absolute Gasteiger partial charge is 0.497 e. The van der Waals surface area contributed by atoms with E-state index in [4.69, 9.17) is 62.7 Å². The highest BCUT2D eigenvalue weighted by atomic mass is 35.5. The van der Waals surface area contributed by atoms with Crippen LogP contribution in [0, 0.1) is 5.82 Å². The van der Waals surface area contributed by atoms with Gasteiger partial charge in [-0.15, -0.1) is 0 Å². The van der Waals surface area contributed by atoms with E-state index in [-0.39, 0.29) is 130 Å². The quantitative estimate of drug-likeness (QED) is 0.0158. The van der Waals surface area contributed by atoms with Gasteiger partial charge >= 0.3 is 6.18 Å². The highest BCUT2D eigenvalue weighted by molar-refractivity contribution is 6.42. The maximum absolute atomic E-state index is 12.8. The summed E-state index contributed by atoms with van der Waals surface area (Å²) in [6.07, 6.45) is -1.70. The minimum absolute atomic E-state index is 0.0319. The Balaban J connectivity index is 0.000000806. The molecular weight excluding hydrogens is 1890 g/mol. The molecule has 29 nitrogen and oxygen atoms in total. The Labute approximate surface area is 832 Å². The molecule has 0 spiro atoms. The Morgan fingerprint density at radius 1 is 0.283 bits per heavy atom. The topological polar surface area (TPSA) is 417 Å². The number of nitrogens with one attached hydrogen (secondary N) is 14. The number of hydrogen-bond donors (Lipinski definition) is 14. The van der Waals surface area contributed by atoms with Crippen LogP contribution < -0.4 is 79.2 Å². The molecule has 14 atom stereocenters. The predicted octanol–water partition coefficient (Wildman–Crippen LogP) is 10.8. The van der Waals surface area contributed by atoms with Gasteiger partial charge in [0.15, 0.2) is 40.5 Å². The molecule has 0 radical (unpaired) electrons. The average molecular weight is 2030 g/mol. The third-order valence-corrected chi connectivity index (χ3v) is 23.2. The first-order chi connectivity index (χ1) is 64.7. The van der Waals surface area contributed by atoms with E-state index in [1.165, 1.54) is 72.7 Å². The second-order valence-corrected chi connectivity index (χ2v) is 34.6. The van der Waals surface area contributed by atoms with E-state index in [1.807, 2.05) is 66.7 Å². The summed E-state index contributed by atoms with van der Waals surface area (Å²) in [7, 11) is 13.4. The van der Waals surface area contributed by atoms with E-state index in [0.29, 0.717) is 69.2 Å². The van der Waals surface area contributed by atoms with Gasteiger partial charge in [0, 0.05) is 21.5 Å². The first-order valence-corrected chi connectivity index (χ1v) is 46.2. The molecule has 0 aliphatic rings. The van der Waals surface area contributed by atoms with Crippen LogP contribution in [0.3, 0.4) is 0 Å². The fraction of sp³-hybridized carbons (Fsp3) is 0.440. The minimum atomic E-state index is -4.39. The van der Waals surface area contributed by atoms with Gasteiger partial charge < -0.3 is 79.2 Å². The number of alkyl halides is 3. The number of amides is 7. The molecule has 0 heterocycles. The molecule has 0 fully saturated rings. The highest BCUT2D eigenvalue weighted by Crippen LogP contribution is 2.30. The Morgan fingerprint density at radius 3 is 0.775 bits per heavy atom. The number of likely N-dealkylation sites (N-methyl/N-ethyl adjacent to an activating group) is 7. The van der Waals surface area contributed by atoms with Gasteiger partial charge in [-0.25, -0.2) is 4.39 Å². The van der Waals surface area contributed by atoms with Crippen molar-refractivity contribution in [2.24, 2.45) is 0 Å². The molecule has 7 amide bonds. The van der Waals surface area contributed by atoms with E-state index in [9.17, 15) is 84.7 Å². The van der Waals surface area contributed by atoms with Crippen LogP contribution in [0.1, 0.15) is 141 Å². The lowest BCUT2D eigenvalue weighted by Crippen LogP contribution is -2.48. The second kappa shape index (κ2) is 66.0. The van der Waals surface area contributed by atoms with Crippen LogP contribution in [0.15, 0.2) is 164 Å². The van der Waals surface area contributed by atoms with Crippen molar-refractivity contribution in [3.8, 4) is 5.75 Å². The van der Waals surface area contributed by atoms with Crippen molar-refractivity contribution < 1.29 is 89.4 Å². The Bertz CT molecular complexity index is 4950. The summed E-state index contributed by atoms with van der Waals surface area (Å²) in [5.41, 5.74) is 5.19. The lowest BCUT2D eigenvalue weighted by Gasteiger charge is -2.19. The predicted molar refractivity (Wildman–Crippen MR) is 536 cm³/mol. The number of hydrogen-bond acceptors (Lipinski definition) is 22. The Morgan fingerprint density at radius 2 is 0.522 bits per heavy atom. The van der Waals surface area contributed by atoms with Crippen LogP contribution >= 0.6 is 58.0 Å². The molecule has 38 heteroatoms. The molecule has 0 saturated heterocycles. The molecule has 7 aromatic carbocycles. The smallest absolute Gasteiger partial charge is 0.416 e. The third kappa shape index (κ3) is 49.7. The summed E-state index contributed by atoms with van der Waals surface area (Å²) < 4.78 is 55.4. The molecule has 7 aromatic rings. The van der Waals surface area contributed by atoms with E-state index in [2.05, 4.69) is 74.4 Å². The van der Waals surface area contributed by atoms with Crippen molar-refractivity contribution in [1.82, 2.24) is 74.4 Å². The van der Waals surface area contributed by atoms with Gasteiger partial charge in [0.25, 0.3) is 0 Å². The van der Waals surface area contributed by atoms with Gasteiger partial charge in [0.1, 0.15) is 11.6 Å². The lowest BCUT2D eigenvalue weighted by atomic mass is 10.0. The fourth-order valence-corrected chi connectivity index (χ4v) is 12.4. The lowest BCUT2D eigenvalue weighted by molar-refractivity contribution is -0.137. The number of methoxy groups -OCH3 is 1. The molecule has 7 rings (SSSR count). The van der Waals surface area contributed by atoms with Crippen LogP contribution in [0.2, 0.25) is 25.1 Å². The zero-order chi connectivity index (χ0) is 105. The minimum Gasteiger partial charge on any atom is -0.497 e. The van der Waals surface area contributed by atoms with Gasteiger partial charge in [0.2, 0.25) is 41.4 Å². The standard InChI is InChI=1S/C15H19F3N2O2.C15H22N2O3.2C14H18Cl2N2O2.C14H19ClN2O2.C14H19FN2O2.C14H20N2O2/c1-9(19-3)14(22)20-13(10(2)21)8-11-4-6-12(7-5-11)15(16,17)18;1-10(16-3)15(19)17-14(11(2)18)9-12-5-7-13(20-4)8-6-12;1-8(17-3)14(20)18-13(9(2)19)6-10-4-5-11(15)7-12(10)16;1-8(17-3)14(20)18-13(9(2)19)7-10-4-5-11(15)12(16)6-10;2*1-9(16-3)14(19)17-13(10(2)18)8-11-4-6-12(15)7-5-11;1-10(15-3)14(18)16-13(11(2)17)9-12-7-5-4-6-8-12/h4-7,9,13,19H,8H2,1-3H3,(H,20,22);5-8,10,14,16H,9H2,1-4H3,(H,17,19);4-5,7-8,13,17H,6H2,1-3H3,(H,18,20);4-6,8,13,17H,7H2,1-3H3,(H,18,20);2*4-7,9,13,16H,8H2,1-3H3,(H,17,19);4-8,10,13,15H,9H2,1-3H3,(H,16,18)/t9-,13-;10-,14-;2*8-,13-;2*9-,13-;10-,13-/m1111111/s1. The van der Waals surface area contributed by atoms with Crippen LogP contribution in [0.25, 0.3) is 0 Å². The van der Waals surface area contributed by atoms with Gasteiger partial charge in [-0.1, -0.05) is 149 Å². The van der Waals surface area contributed by atoms with Crippen LogP contribution in [0.5, 0.6) is 5.75 Å². The Kier molecular flexibility index (Phi) is 59.8. The summed E-state index contributed by atoms with van der Waals surface area (Å²) in [6.45, 7) is 22.2. The van der Waals surface area contributed by atoms with Gasteiger partial charge in [-0.3, -0.25) is 67.1 Å². The molecule has 0 aromatic heterocycles. The van der Waals surface area contributed by atoms with Gasteiger partial charge in [-0.2, -0.15) is 13.2 Å². The first-order valence-electron chi connectivity index (χ1n) is 44.3. The third-order valence-electron chi connectivity index (χ3n) is 21.6. The zero-order valence-corrected chi connectivity index (χ0v) is 85.9. The number of carbonyl (C=O) groups is 14. The number of Topliss-reactive ketones (excluding diaryl/α,β-unsaturated/α-hetero) is 7. The number of ketones is 7. The van der Waals surface area contributed by atoms with Crippen molar-refractivity contribution in [3.05, 3.63) is 239 Å². The van der Waals surface area contributed by atoms with E-state index in [1.54, 1.807) is 166 Å². The van der Waals surface area contributed by atoms with Crippen LogP contribution in [0.4, 0.5) is 17.6 Å². The van der Waals surface area contributed by atoms with Gasteiger partial charge in [0.05, 0.1) is 107 Å². The van der Waals surface area contributed by atoms with Crippen molar-refractivity contribution in [2.75, 3.05) is 56.4 Å². The molecule has 0 bridgehead atoms. The normalized spacial score (nSPS) is 13.7. The summed E-state index contributed by atoms with van der Waals surface area (Å²) in [5, 5.41) is 41.3. The summed E-state index contributed by atoms with van der Waals surface area (Å²) in [4.78, 5) is 164. The average Bonchev–Trinajstić information content (AvgIpc) is 0.844. The number of carbonyl (C=O) groups excluding carboxylic acids is 14. The maximum atomic E-state index is 12.8. The second-order valence-electron chi connectivity index (χ2n) is 32.5.